The molecule has 1 N–H and O–H groups in total. The fourth-order valence-electron chi connectivity index (χ4n) is 2.67. The summed E-state index contributed by atoms with van der Waals surface area (Å²) in [5, 5.41) is 16.8. The summed E-state index contributed by atoms with van der Waals surface area (Å²) in [5.41, 5.74) is 2.70. The highest BCUT2D eigenvalue weighted by atomic mass is 15.3. The van der Waals surface area contributed by atoms with Gasteiger partial charge in [0.05, 0.1) is 25.2 Å². The summed E-state index contributed by atoms with van der Waals surface area (Å²) in [6.07, 6.45) is 8.52. The van der Waals surface area contributed by atoms with E-state index in [9.17, 15) is 0 Å². The van der Waals surface area contributed by atoms with Crippen molar-refractivity contribution in [3.63, 3.8) is 0 Å². The van der Waals surface area contributed by atoms with E-state index < -0.39 is 0 Å². The fourth-order valence-corrected chi connectivity index (χ4v) is 2.67. The van der Waals surface area contributed by atoms with E-state index in [2.05, 4.69) is 23.4 Å². The van der Waals surface area contributed by atoms with Crippen molar-refractivity contribution in [2.45, 2.75) is 58.0 Å². The zero-order chi connectivity index (χ0) is 12.8. The minimum absolute atomic E-state index is 0.457. The van der Waals surface area contributed by atoms with Gasteiger partial charge in [-0.2, -0.15) is 10.4 Å². The predicted octanol–water partition coefficient (Wildman–Crippen LogP) is 2.56. The first-order chi connectivity index (χ1) is 8.86. The van der Waals surface area contributed by atoms with Gasteiger partial charge in [-0.25, -0.2) is 0 Å². The topological polar surface area (TPSA) is 53.6 Å². The van der Waals surface area contributed by atoms with Crippen LogP contribution in [0.1, 0.15) is 56.3 Å². The van der Waals surface area contributed by atoms with Gasteiger partial charge in [0.15, 0.2) is 0 Å². The minimum Gasteiger partial charge on any atom is -0.310 e. The van der Waals surface area contributed by atoms with Crippen LogP contribution >= 0.6 is 0 Å². The monoisotopic (exact) mass is 246 g/mol. The molecular formula is C14H22N4. The standard InChI is InChI=1S/C14H22N4/c1-2-9-16-13-6-3-4-7-14-12(13)11-17-18(14)10-5-8-15/h11,13,16H,2-7,9-10H2,1H3. The molecule has 4 heteroatoms. The Morgan fingerprint density at radius 1 is 1.56 bits per heavy atom. The van der Waals surface area contributed by atoms with Crippen LogP contribution in [0.3, 0.4) is 0 Å². The van der Waals surface area contributed by atoms with Gasteiger partial charge in [-0.1, -0.05) is 13.3 Å². The predicted molar refractivity (Wildman–Crippen MR) is 71.0 cm³/mol. The second-order valence-electron chi connectivity index (χ2n) is 4.93. The summed E-state index contributed by atoms with van der Waals surface area (Å²) < 4.78 is 2.03. The second kappa shape index (κ2) is 6.55. The van der Waals surface area contributed by atoms with Gasteiger partial charge in [0.2, 0.25) is 0 Å². The molecule has 2 rings (SSSR count). The lowest BCUT2D eigenvalue weighted by Gasteiger charge is -2.16. The Balaban J connectivity index is 2.16. The number of fused-ring (bicyclic) bond motifs is 1. The van der Waals surface area contributed by atoms with Crippen LogP contribution in [0.5, 0.6) is 0 Å². The van der Waals surface area contributed by atoms with Crippen molar-refractivity contribution in [1.29, 1.82) is 5.26 Å². The molecule has 1 aromatic rings. The zero-order valence-corrected chi connectivity index (χ0v) is 11.2. The summed E-state index contributed by atoms with van der Waals surface area (Å²) in [6, 6.07) is 2.65. The summed E-state index contributed by atoms with van der Waals surface area (Å²) in [7, 11) is 0. The van der Waals surface area contributed by atoms with Crippen LogP contribution in [-0.2, 0) is 13.0 Å². The number of hydrogen-bond donors (Lipinski definition) is 1. The third-order valence-electron chi connectivity index (χ3n) is 3.59. The maximum absolute atomic E-state index is 8.69. The van der Waals surface area contributed by atoms with E-state index in [-0.39, 0.29) is 0 Å². The highest BCUT2D eigenvalue weighted by Crippen LogP contribution is 2.28. The van der Waals surface area contributed by atoms with E-state index in [4.69, 9.17) is 5.26 Å². The van der Waals surface area contributed by atoms with Crippen LogP contribution in [0.2, 0.25) is 0 Å². The quantitative estimate of drug-likeness (QED) is 0.812. The molecule has 0 saturated heterocycles. The normalized spacial score (nSPS) is 19.0. The van der Waals surface area contributed by atoms with Crippen molar-refractivity contribution < 1.29 is 0 Å². The number of nitrogens with zero attached hydrogens (tertiary/aromatic N) is 3. The molecule has 0 aliphatic heterocycles. The molecule has 1 heterocycles. The number of aryl methyl sites for hydroxylation is 1. The van der Waals surface area contributed by atoms with Gasteiger partial charge in [0.25, 0.3) is 0 Å². The van der Waals surface area contributed by atoms with Crippen LogP contribution in [0.25, 0.3) is 0 Å². The number of hydrogen-bond acceptors (Lipinski definition) is 3. The van der Waals surface area contributed by atoms with Gasteiger partial charge in [-0.3, -0.25) is 4.68 Å². The van der Waals surface area contributed by atoms with Gasteiger partial charge in [0, 0.05) is 17.3 Å². The second-order valence-corrected chi connectivity index (χ2v) is 4.93. The molecule has 1 aliphatic rings. The van der Waals surface area contributed by atoms with Gasteiger partial charge in [-0.05, 0) is 32.2 Å². The van der Waals surface area contributed by atoms with Gasteiger partial charge in [-0.15, -0.1) is 0 Å². The Bertz CT molecular complexity index is 416. The van der Waals surface area contributed by atoms with Crippen LogP contribution in [0.4, 0.5) is 0 Å². The highest BCUT2D eigenvalue weighted by Gasteiger charge is 2.21. The number of nitrogens with one attached hydrogen (secondary N) is 1. The van der Waals surface area contributed by atoms with E-state index in [0.717, 1.165) is 25.9 Å². The maximum atomic E-state index is 8.69. The van der Waals surface area contributed by atoms with E-state index in [1.807, 2.05) is 10.9 Å². The third-order valence-corrected chi connectivity index (χ3v) is 3.59. The number of aromatic nitrogens is 2. The first kappa shape index (κ1) is 13.1. The van der Waals surface area contributed by atoms with Crippen molar-refractivity contribution in [2.24, 2.45) is 0 Å². The molecule has 1 atom stereocenters. The molecule has 0 spiro atoms. The first-order valence-electron chi connectivity index (χ1n) is 7.01. The Kier molecular flexibility index (Phi) is 4.77. The largest absolute Gasteiger partial charge is 0.310 e. The Hall–Kier alpha value is -1.34. The lowest BCUT2D eigenvalue weighted by molar-refractivity contribution is 0.489. The molecule has 1 aliphatic carbocycles. The smallest absolute Gasteiger partial charge is 0.0641 e. The number of nitriles is 1. The highest BCUT2D eigenvalue weighted by molar-refractivity contribution is 5.23. The van der Waals surface area contributed by atoms with Crippen molar-refractivity contribution in [1.82, 2.24) is 15.1 Å². The van der Waals surface area contributed by atoms with Crippen molar-refractivity contribution in [3.05, 3.63) is 17.5 Å². The van der Waals surface area contributed by atoms with Crippen LogP contribution in [0, 0.1) is 11.3 Å². The molecule has 1 aromatic heterocycles. The molecule has 4 nitrogen and oxygen atoms in total. The average Bonchev–Trinajstić information content (AvgIpc) is 2.67. The number of rotatable bonds is 5. The van der Waals surface area contributed by atoms with E-state index in [1.165, 1.54) is 30.5 Å². The van der Waals surface area contributed by atoms with Gasteiger partial charge in [0.1, 0.15) is 0 Å². The van der Waals surface area contributed by atoms with Crippen LogP contribution < -0.4 is 5.32 Å². The SMILES string of the molecule is CCCNC1CCCCc2c1cnn2CCC#N. The van der Waals surface area contributed by atoms with Crippen LogP contribution in [0.15, 0.2) is 6.20 Å². The minimum atomic E-state index is 0.457. The molecule has 1 unspecified atom stereocenters. The zero-order valence-electron chi connectivity index (χ0n) is 11.2. The van der Waals surface area contributed by atoms with Crippen LogP contribution in [-0.4, -0.2) is 16.3 Å². The Morgan fingerprint density at radius 2 is 2.44 bits per heavy atom. The lowest BCUT2D eigenvalue weighted by Crippen LogP contribution is -2.22. The van der Waals surface area contributed by atoms with Crippen molar-refractivity contribution in [3.8, 4) is 6.07 Å². The fraction of sp³-hybridized carbons (Fsp3) is 0.714. The average molecular weight is 246 g/mol. The third kappa shape index (κ3) is 2.91. The van der Waals surface area contributed by atoms with E-state index >= 15 is 0 Å². The van der Waals surface area contributed by atoms with Gasteiger partial charge < -0.3 is 5.32 Å². The van der Waals surface area contributed by atoms with E-state index in [1.54, 1.807) is 0 Å². The summed E-state index contributed by atoms with van der Waals surface area (Å²) in [4.78, 5) is 0. The summed E-state index contributed by atoms with van der Waals surface area (Å²) >= 11 is 0. The van der Waals surface area contributed by atoms with Crippen molar-refractivity contribution in [2.75, 3.05) is 6.54 Å². The lowest BCUT2D eigenvalue weighted by atomic mass is 10.1. The molecule has 0 bridgehead atoms. The molecule has 0 saturated carbocycles. The summed E-state index contributed by atoms with van der Waals surface area (Å²) in [5.74, 6) is 0. The van der Waals surface area contributed by atoms with E-state index in [0.29, 0.717) is 12.5 Å². The van der Waals surface area contributed by atoms with Crippen molar-refractivity contribution >= 4 is 0 Å². The molecular weight excluding hydrogens is 224 g/mol. The molecule has 18 heavy (non-hydrogen) atoms. The Morgan fingerprint density at radius 3 is 3.22 bits per heavy atom. The first-order valence-corrected chi connectivity index (χ1v) is 7.01. The maximum Gasteiger partial charge on any atom is 0.0641 e. The molecule has 0 radical (unpaired) electrons. The molecule has 0 fully saturated rings. The molecule has 0 aromatic carbocycles. The molecule has 0 amide bonds. The Labute approximate surface area is 109 Å². The summed E-state index contributed by atoms with van der Waals surface area (Å²) in [6.45, 7) is 3.99. The molecule has 98 valence electrons. The van der Waals surface area contributed by atoms with Gasteiger partial charge >= 0.3 is 0 Å².